The SMILES string of the molecule is COc1ccc(-c2noc(CNC(=O)[C@H]3CCCN3S(=O)(=O)c3ccc(C)cc3)n2)cc1. The fraction of sp³-hybridized carbons (Fsp3) is 0.318. The fourth-order valence-electron chi connectivity index (χ4n) is 3.60. The topological polar surface area (TPSA) is 115 Å². The first kappa shape index (κ1) is 22.0. The average molecular weight is 457 g/mol. The molecule has 4 rings (SSSR count). The molecule has 1 aliphatic heterocycles. The summed E-state index contributed by atoms with van der Waals surface area (Å²) in [5, 5.41) is 6.66. The summed E-state index contributed by atoms with van der Waals surface area (Å²) in [6.45, 7) is 2.20. The van der Waals surface area contributed by atoms with Gasteiger partial charge in [0.1, 0.15) is 11.8 Å². The van der Waals surface area contributed by atoms with Crippen LogP contribution >= 0.6 is 0 Å². The number of aryl methyl sites for hydroxylation is 1. The van der Waals surface area contributed by atoms with Gasteiger partial charge in [-0.05, 0) is 56.2 Å². The van der Waals surface area contributed by atoms with Gasteiger partial charge in [0.15, 0.2) is 0 Å². The number of sulfonamides is 1. The van der Waals surface area contributed by atoms with Crippen LogP contribution in [0.4, 0.5) is 0 Å². The van der Waals surface area contributed by atoms with Crippen molar-refractivity contribution in [2.24, 2.45) is 0 Å². The third kappa shape index (κ3) is 4.51. The van der Waals surface area contributed by atoms with Gasteiger partial charge in [-0.25, -0.2) is 8.42 Å². The molecule has 2 heterocycles. The van der Waals surface area contributed by atoms with Crippen LogP contribution in [0.2, 0.25) is 0 Å². The molecule has 1 aliphatic rings. The van der Waals surface area contributed by atoms with Gasteiger partial charge >= 0.3 is 0 Å². The number of benzene rings is 2. The summed E-state index contributed by atoms with van der Waals surface area (Å²) in [5.74, 6) is 0.949. The van der Waals surface area contributed by atoms with E-state index < -0.39 is 16.1 Å². The molecule has 1 fully saturated rings. The quantitative estimate of drug-likeness (QED) is 0.581. The highest BCUT2D eigenvalue weighted by Crippen LogP contribution is 2.26. The zero-order valence-corrected chi connectivity index (χ0v) is 18.6. The van der Waals surface area contributed by atoms with Crippen molar-refractivity contribution in [1.82, 2.24) is 19.8 Å². The number of nitrogens with zero attached hydrogens (tertiary/aromatic N) is 3. The van der Waals surface area contributed by atoms with Gasteiger partial charge in [0.25, 0.3) is 0 Å². The normalized spacial score (nSPS) is 16.8. The second-order valence-electron chi connectivity index (χ2n) is 7.54. The van der Waals surface area contributed by atoms with Crippen molar-refractivity contribution in [2.45, 2.75) is 37.2 Å². The van der Waals surface area contributed by atoms with Gasteiger partial charge in [-0.15, -0.1) is 0 Å². The van der Waals surface area contributed by atoms with E-state index in [4.69, 9.17) is 9.26 Å². The van der Waals surface area contributed by atoms with Gasteiger partial charge in [-0.2, -0.15) is 9.29 Å². The largest absolute Gasteiger partial charge is 0.497 e. The Bertz CT molecular complexity index is 1190. The number of nitrogens with one attached hydrogen (secondary N) is 1. The van der Waals surface area contributed by atoms with Crippen LogP contribution in [0.1, 0.15) is 24.3 Å². The van der Waals surface area contributed by atoms with Gasteiger partial charge in [-0.1, -0.05) is 22.9 Å². The van der Waals surface area contributed by atoms with Crippen molar-refractivity contribution in [3.63, 3.8) is 0 Å². The lowest BCUT2D eigenvalue weighted by molar-refractivity contribution is -0.124. The molecule has 2 aromatic carbocycles. The summed E-state index contributed by atoms with van der Waals surface area (Å²) < 4.78 is 37.7. The number of carbonyl (C=O) groups is 1. The Morgan fingerprint density at radius 1 is 1.19 bits per heavy atom. The molecule has 1 atom stereocenters. The van der Waals surface area contributed by atoms with E-state index in [9.17, 15) is 13.2 Å². The van der Waals surface area contributed by atoms with Crippen molar-refractivity contribution < 1.29 is 22.5 Å². The number of rotatable bonds is 7. The molecule has 3 aromatic rings. The molecule has 0 aliphatic carbocycles. The molecule has 0 unspecified atom stereocenters. The maximum atomic E-state index is 13.0. The van der Waals surface area contributed by atoms with Crippen molar-refractivity contribution in [3.05, 3.63) is 60.0 Å². The van der Waals surface area contributed by atoms with Gasteiger partial charge < -0.3 is 14.6 Å². The molecule has 1 amide bonds. The van der Waals surface area contributed by atoms with Crippen LogP contribution in [0.15, 0.2) is 57.9 Å². The van der Waals surface area contributed by atoms with Gasteiger partial charge in [0.2, 0.25) is 27.6 Å². The van der Waals surface area contributed by atoms with Crippen LogP contribution in [0, 0.1) is 6.92 Å². The molecule has 9 nitrogen and oxygen atoms in total. The smallest absolute Gasteiger partial charge is 0.246 e. The monoisotopic (exact) mass is 456 g/mol. The molecular formula is C22H24N4O5S. The van der Waals surface area contributed by atoms with E-state index in [0.29, 0.717) is 31.0 Å². The molecule has 0 saturated carbocycles. The molecule has 0 spiro atoms. The van der Waals surface area contributed by atoms with Crippen molar-refractivity contribution in [1.29, 1.82) is 0 Å². The van der Waals surface area contributed by atoms with Crippen LogP contribution in [-0.4, -0.2) is 48.5 Å². The number of hydrogen-bond donors (Lipinski definition) is 1. The van der Waals surface area contributed by atoms with E-state index >= 15 is 0 Å². The summed E-state index contributed by atoms with van der Waals surface area (Å²) in [4.78, 5) is 17.3. The second-order valence-corrected chi connectivity index (χ2v) is 9.44. The molecular weight excluding hydrogens is 432 g/mol. The fourth-order valence-corrected chi connectivity index (χ4v) is 5.26. The zero-order valence-electron chi connectivity index (χ0n) is 17.8. The van der Waals surface area contributed by atoms with Gasteiger partial charge in [0, 0.05) is 12.1 Å². The predicted octanol–water partition coefficient (Wildman–Crippen LogP) is 2.52. The Kier molecular flexibility index (Phi) is 6.24. The molecule has 32 heavy (non-hydrogen) atoms. The standard InChI is InChI=1S/C22H24N4O5S/c1-15-5-11-18(12-6-15)32(28,29)26-13-3-4-19(26)22(27)23-14-20-24-21(25-31-20)16-7-9-17(30-2)10-8-16/h5-12,19H,3-4,13-14H2,1-2H3,(H,23,27)/t19-/m1/s1. The zero-order chi connectivity index (χ0) is 22.7. The summed E-state index contributed by atoms with van der Waals surface area (Å²) in [7, 11) is -2.17. The highest BCUT2D eigenvalue weighted by Gasteiger charge is 2.39. The first-order valence-corrected chi connectivity index (χ1v) is 11.7. The van der Waals surface area contributed by atoms with E-state index in [-0.39, 0.29) is 23.2 Å². The van der Waals surface area contributed by atoms with Crippen LogP contribution in [-0.2, 0) is 21.4 Å². The Morgan fingerprint density at radius 2 is 1.91 bits per heavy atom. The summed E-state index contributed by atoms with van der Waals surface area (Å²) in [6.07, 6.45) is 1.07. The van der Waals surface area contributed by atoms with Crippen LogP contribution in [0.25, 0.3) is 11.4 Å². The molecule has 1 N–H and O–H groups in total. The Balaban J connectivity index is 1.41. The number of carbonyl (C=O) groups excluding carboxylic acids is 1. The Labute approximate surface area is 186 Å². The maximum Gasteiger partial charge on any atom is 0.246 e. The molecule has 1 aromatic heterocycles. The number of hydrogen-bond acceptors (Lipinski definition) is 7. The average Bonchev–Trinajstić information content (AvgIpc) is 3.48. The summed E-state index contributed by atoms with van der Waals surface area (Å²) in [6, 6.07) is 13.0. The number of amides is 1. The van der Waals surface area contributed by atoms with E-state index in [1.54, 1.807) is 55.6 Å². The molecule has 0 bridgehead atoms. The number of ether oxygens (including phenoxy) is 1. The third-order valence-corrected chi connectivity index (χ3v) is 7.29. The first-order chi connectivity index (χ1) is 15.4. The lowest BCUT2D eigenvalue weighted by Crippen LogP contribution is -2.45. The first-order valence-electron chi connectivity index (χ1n) is 10.2. The van der Waals surface area contributed by atoms with Crippen molar-refractivity contribution in [2.75, 3.05) is 13.7 Å². The van der Waals surface area contributed by atoms with Gasteiger partial charge in [-0.3, -0.25) is 4.79 Å². The van der Waals surface area contributed by atoms with Crippen LogP contribution < -0.4 is 10.1 Å². The van der Waals surface area contributed by atoms with Gasteiger partial charge in [0.05, 0.1) is 18.6 Å². The van der Waals surface area contributed by atoms with Crippen LogP contribution in [0.5, 0.6) is 5.75 Å². The highest BCUT2D eigenvalue weighted by molar-refractivity contribution is 7.89. The van der Waals surface area contributed by atoms with Crippen LogP contribution in [0.3, 0.4) is 0 Å². The van der Waals surface area contributed by atoms with E-state index in [2.05, 4.69) is 15.5 Å². The summed E-state index contributed by atoms with van der Waals surface area (Å²) in [5.41, 5.74) is 1.71. The summed E-state index contributed by atoms with van der Waals surface area (Å²) >= 11 is 0. The highest BCUT2D eigenvalue weighted by atomic mass is 32.2. The Morgan fingerprint density at radius 3 is 2.59 bits per heavy atom. The molecule has 0 radical (unpaired) electrons. The minimum atomic E-state index is -3.76. The molecule has 10 heteroatoms. The minimum Gasteiger partial charge on any atom is -0.497 e. The number of methoxy groups -OCH3 is 1. The van der Waals surface area contributed by atoms with Crippen molar-refractivity contribution >= 4 is 15.9 Å². The molecule has 1 saturated heterocycles. The maximum absolute atomic E-state index is 13.0. The minimum absolute atomic E-state index is 0.0108. The predicted molar refractivity (Wildman–Crippen MR) is 116 cm³/mol. The third-order valence-electron chi connectivity index (χ3n) is 5.36. The van der Waals surface area contributed by atoms with E-state index in [1.165, 1.54) is 4.31 Å². The van der Waals surface area contributed by atoms with E-state index in [0.717, 1.165) is 11.1 Å². The Hall–Kier alpha value is -3.24. The van der Waals surface area contributed by atoms with E-state index in [1.807, 2.05) is 6.92 Å². The number of aromatic nitrogens is 2. The lowest BCUT2D eigenvalue weighted by atomic mass is 10.2. The lowest BCUT2D eigenvalue weighted by Gasteiger charge is -2.23. The molecule has 168 valence electrons. The second kappa shape index (κ2) is 9.09. The van der Waals surface area contributed by atoms with Crippen molar-refractivity contribution in [3.8, 4) is 17.1 Å².